The number of methoxy groups -OCH3 is 1. The molecule has 1 aromatic carbocycles. The number of hydrogen-bond acceptors (Lipinski definition) is 6. The number of halogens is 1. The van der Waals surface area contributed by atoms with Gasteiger partial charge in [-0.05, 0) is 43.8 Å². The Morgan fingerprint density at radius 1 is 1.48 bits per heavy atom. The van der Waals surface area contributed by atoms with Crippen molar-refractivity contribution in [1.29, 1.82) is 0 Å². The number of nitrogens with one attached hydrogen (secondary N) is 2. The van der Waals surface area contributed by atoms with Crippen LogP contribution in [0.1, 0.15) is 30.1 Å². The van der Waals surface area contributed by atoms with Gasteiger partial charge in [-0.3, -0.25) is 4.79 Å². The summed E-state index contributed by atoms with van der Waals surface area (Å²) < 4.78 is 30.4. The van der Waals surface area contributed by atoms with E-state index in [-0.39, 0.29) is 23.5 Å². The molecule has 0 aliphatic carbocycles. The first-order chi connectivity index (χ1) is 12.6. The lowest BCUT2D eigenvalue weighted by Gasteiger charge is -2.36. The zero-order valence-electron chi connectivity index (χ0n) is 15.9. The van der Waals surface area contributed by atoms with Crippen molar-refractivity contribution in [3.05, 3.63) is 22.7 Å². The van der Waals surface area contributed by atoms with Crippen molar-refractivity contribution in [3.63, 3.8) is 0 Å². The van der Waals surface area contributed by atoms with Gasteiger partial charge in [0.15, 0.2) is 5.78 Å². The van der Waals surface area contributed by atoms with Gasteiger partial charge in [0.2, 0.25) is 10.0 Å². The van der Waals surface area contributed by atoms with Crippen LogP contribution in [0.5, 0.6) is 5.75 Å². The van der Waals surface area contributed by atoms with Crippen LogP contribution in [0, 0.1) is 17.8 Å². The molecule has 1 aliphatic heterocycles. The summed E-state index contributed by atoms with van der Waals surface area (Å²) in [6, 6.07) is 3.13. The molecule has 4 N–H and O–H groups in total. The average molecular weight is 418 g/mol. The number of ketones is 1. The molecular weight excluding hydrogens is 390 g/mol. The molecule has 0 amide bonds. The first-order valence-electron chi connectivity index (χ1n) is 8.96. The fourth-order valence-corrected chi connectivity index (χ4v) is 4.37. The summed E-state index contributed by atoms with van der Waals surface area (Å²) in [6.07, 6.45) is 2.66. The molecule has 7 nitrogen and oxygen atoms in total. The number of Topliss-reactive ketones (excluding diaryl/α,β-unsaturated/α-hetero) is 1. The molecule has 9 heteroatoms. The molecule has 1 aliphatic rings. The van der Waals surface area contributed by atoms with E-state index in [1.165, 1.54) is 7.11 Å². The summed E-state index contributed by atoms with van der Waals surface area (Å²) in [5, 5.41) is 3.66. The smallest absolute Gasteiger partial charge is 0.208 e. The fraction of sp³-hybridized carbons (Fsp3) is 0.611. The van der Waals surface area contributed by atoms with E-state index in [0.717, 1.165) is 25.8 Å². The monoisotopic (exact) mass is 417 g/mol. The number of sulfonamides is 1. The van der Waals surface area contributed by atoms with Gasteiger partial charge in [-0.25, -0.2) is 13.1 Å². The quantitative estimate of drug-likeness (QED) is 0.440. The number of piperidine rings is 1. The van der Waals surface area contributed by atoms with E-state index in [4.69, 9.17) is 22.1 Å². The number of nitrogens with two attached hydrogens (primary N) is 1. The number of benzene rings is 1. The lowest BCUT2D eigenvalue weighted by atomic mass is 9.74. The highest BCUT2D eigenvalue weighted by atomic mass is 35.5. The van der Waals surface area contributed by atoms with E-state index >= 15 is 0 Å². The van der Waals surface area contributed by atoms with Gasteiger partial charge in [-0.2, -0.15) is 0 Å². The molecule has 1 aromatic rings. The van der Waals surface area contributed by atoms with Crippen LogP contribution in [0.2, 0.25) is 5.02 Å². The van der Waals surface area contributed by atoms with Crippen LogP contribution in [0.4, 0.5) is 5.69 Å². The van der Waals surface area contributed by atoms with E-state index < -0.39 is 10.0 Å². The number of rotatable bonds is 8. The van der Waals surface area contributed by atoms with Gasteiger partial charge in [0.1, 0.15) is 5.75 Å². The molecule has 0 aromatic heterocycles. The second-order valence-corrected chi connectivity index (χ2v) is 9.34. The number of carbonyl (C=O) groups is 1. The van der Waals surface area contributed by atoms with Crippen molar-refractivity contribution >= 4 is 33.1 Å². The molecule has 2 rings (SSSR count). The lowest BCUT2D eigenvalue weighted by Crippen LogP contribution is -2.42. The Kier molecular flexibility index (Phi) is 7.50. The minimum absolute atomic E-state index is 0.0401. The third-order valence-corrected chi connectivity index (χ3v) is 6.24. The van der Waals surface area contributed by atoms with Crippen LogP contribution < -0.4 is 20.5 Å². The normalized spacial score (nSPS) is 21.6. The molecule has 3 atom stereocenters. The molecule has 27 heavy (non-hydrogen) atoms. The third-order valence-electron chi connectivity index (χ3n) is 5.19. The molecule has 1 fully saturated rings. The highest BCUT2D eigenvalue weighted by Crippen LogP contribution is 2.35. The highest BCUT2D eigenvalue weighted by molar-refractivity contribution is 7.88. The molecule has 152 valence electrons. The predicted octanol–water partition coefficient (Wildman–Crippen LogP) is 1.91. The van der Waals surface area contributed by atoms with Crippen molar-refractivity contribution in [2.45, 2.75) is 19.8 Å². The third kappa shape index (κ3) is 5.81. The summed E-state index contributed by atoms with van der Waals surface area (Å²) in [5.74, 6) is 0.465. The number of anilines is 1. The van der Waals surface area contributed by atoms with E-state index in [1.807, 2.05) is 6.92 Å². The molecule has 0 radical (unpaired) electrons. The van der Waals surface area contributed by atoms with Gasteiger partial charge in [0.25, 0.3) is 0 Å². The standard InChI is InChI=1S/C18H28ClN3O4S/c1-11(18(23)14-8-15(19)16(20)9-17(14)26-2)13-5-6-21-10-12(13)4-7-22-27(3,24)25/h8-9,11-13,21-22H,4-7,10,20H2,1-3H3. The second-order valence-electron chi connectivity index (χ2n) is 7.10. The molecule has 0 spiro atoms. The SMILES string of the molecule is COc1cc(N)c(Cl)cc1C(=O)C(C)C1CCNCC1CCNS(C)(=O)=O. The van der Waals surface area contributed by atoms with Crippen molar-refractivity contribution in [1.82, 2.24) is 10.0 Å². The van der Waals surface area contributed by atoms with Crippen LogP contribution in [0.3, 0.4) is 0 Å². The van der Waals surface area contributed by atoms with E-state index in [2.05, 4.69) is 10.0 Å². The number of nitrogen functional groups attached to an aromatic ring is 1. The largest absolute Gasteiger partial charge is 0.496 e. The summed E-state index contributed by atoms with van der Waals surface area (Å²) >= 11 is 6.11. The van der Waals surface area contributed by atoms with Crippen LogP contribution in [0.25, 0.3) is 0 Å². The minimum Gasteiger partial charge on any atom is -0.496 e. The van der Waals surface area contributed by atoms with Crippen molar-refractivity contribution < 1.29 is 17.9 Å². The predicted molar refractivity (Wildman–Crippen MR) is 108 cm³/mol. The van der Waals surface area contributed by atoms with Gasteiger partial charge in [0.05, 0.1) is 29.6 Å². The number of ether oxygens (including phenoxy) is 1. The Morgan fingerprint density at radius 3 is 2.81 bits per heavy atom. The van der Waals surface area contributed by atoms with Crippen molar-refractivity contribution in [2.75, 3.05) is 38.7 Å². The van der Waals surface area contributed by atoms with Crippen molar-refractivity contribution in [2.24, 2.45) is 17.8 Å². The first-order valence-corrected chi connectivity index (χ1v) is 11.2. The minimum atomic E-state index is -3.22. The number of hydrogen-bond donors (Lipinski definition) is 3. The summed E-state index contributed by atoms with van der Waals surface area (Å²) in [7, 11) is -1.73. The molecule has 3 unspecified atom stereocenters. The highest BCUT2D eigenvalue weighted by Gasteiger charge is 2.34. The van der Waals surface area contributed by atoms with E-state index in [9.17, 15) is 13.2 Å². The van der Waals surface area contributed by atoms with Gasteiger partial charge in [0, 0.05) is 18.5 Å². The molecule has 0 saturated carbocycles. The van der Waals surface area contributed by atoms with Crippen LogP contribution >= 0.6 is 11.6 Å². The van der Waals surface area contributed by atoms with Crippen LogP contribution in [-0.2, 0) is 10.0 Å². The van der Waals surface area contributed by atoms with Crippen LogP contribution in [-0.4, -0.2) is 47.2 Å². The van der Waals surface area contributed by atoms with Gasteiger partial charge in [-0.1, -0.05) is 18.5 Å². The maximum Gasteiger partial charge on any atom is 0.208 e. The summed E-state index contributed by atoms with van der Waals surface area (Å²) in [5.41, 5.74) is 6.60. The zero-order chi connectivity index (χ0) is 20.2. The van der Waals surface area contributed by atoms with Crippen molar-refractivity contribution in [3.8, 4) is 5.75 Å². The Hall–Kier alpha value is -1.35. The maximum absolute atomic E-state index is 13.2. The lowest BCUT2D eigenvalue weighted by molar-refractivity contribution is 0.0807. The molecular formula is C18H28ClN3O4S. The van der Waals surface area contributed by atoms with Gasteiger partial charge >= 0.3 is 0 Å². The van der Waals surface area contributed by atoms with Crippen LogP contribution in [0.15, 0.2) is 12.1 Å². The Morgan fingerprint density at radius 2 is 2.19 bits per heavy atom. The average Bonchev–Trinajstić information content (AvgIpc) is 2.61. The topological polar surface area (TPSA) is 111 Å². The fourth-order valence-electron chi connectivity index (χ4n) is 3.72. The van der Waals surface area contributed by atoms with Gasteiger partial charge in [-0.15, -0.1) is 0 Å². The molecule has 0 bridgehead atoms. The molecule has 1 saturated heterocycles. The second kappa shape index (κ2) is 9.23. The number of carbonyl (C=O) groups excluding carboxylic acids is 1. The zero-order valence-corrected chi connectivity index (χ0v) is 17.5. The maximum atomic E-state index is 13.2. The van der Waals surface area contributed by atoms with E-state index in [0.29, 0.717) is 35.0 Å². The Balaban J connectivity index is 2.17. The first kappa shape index (κ1) is 21.9. The summed E-state index contributed by atoms with van der Waals surface area (Å²) in [6.45, 7) is 3.86. The van der Waals surface area contributed by atoms with E-state index in [1.54, 1.807) is 12.1 Å². The summed E-state index contributed by atoms with van der Waals surface area (Å²) in [4.78, 5) is 13.2. The Bertz CT molecular complexity index is 785. The Labute approximate surface area is 166 Å². The molecule has 1 heterocycles. The van der Waals surface area contributed by atoms with Gasteiger partial charge < -0.3 is 15.8 Å².